The molecule has 0 saturated heterocycles. The molecule has 0 aliphatic rings. The van der Waals surface area contributed by atoms with E-state index >= 15 is 0 Å². The Labute approximate surface area is 148 Å². The number of nitrogens with zero attached hydrogens (tertiary/aromatic N) is 3. The van der Waals surface area contributed by atoms with E-state index in [9.17, 15) is 0 Å². The molecule has 1 aromatic heterocycles. The number of benzene rings is 2. The number of hydrogen-bond acceptors (Lipinski definition) is 4. The molecule has 25 heavy (non-hydrogen) atoms. The van der Waals surface area contributed by atoms with E-state index in [4.69, 9.17) is 5.73 Å². The summed E-state index contributed by atoms with van der Waals surface area (Å²) in [5.74, 6) is 0.483. The fourth-order valence-corrected chi connectivity index (χ4v) is 2.52. The highest BCUT2D eigenvalue weighted by molar-refractivity contribution is 5.69. The number of nitrogen functional groups attached to an aromatic ring is 1. The molecule has 3 aromatic rings. The van der Waals surface area contributed by atoms with Gasteiger partial charge in [-0.3, -0.25) is 0 Å². The monoisotopic (exact) mass is 330 g/mol. The summed E-state index contributed by atoms with van der Waals surface area (Å²) in [6.07, 6.45) is 6.38. The van der Waals surface area contributed by atoms with Crippen LogP contribution < -0.4 is 10.6 Å². The van der Waals surface area contributed by atoms with Gasteiger partial charge in [-0.15, -0.1) is 0 Å². The van der Waals surface area contributed by atoms with Gasteiger partial charge in [-0.25, -0.2) is 9.97 Å². The van der Waals surface area contributed by atoms with Gasteiger partial charge < -0.3 is 10.6 Å². The van der Waals surface area contributed by atoms with Crippen LogP contribution >= 0.6 is 0 Å². The molecule has 0 saturated carbocycles. The Morgan fingerprint density at radius 1 is 0.960 bits per heavy atom. The molecule has 0 aliphatic carbocycles. The summed E-state index contributed by atoms with van der Waals surface area (Å²) in [4.78, 5) is 11.0. The second-order valence-corrected chi connectivity index (χ2v) is 6.11. The van der Waals surface area contributed by atoms with Gasteiger partial charge in [0.1, 0.15) is 5.82 Å². The Hall–Kier alpha value is -3.14. The van der Waals surface area contributed by atoms with Crippen LogP contribution in [0.15, 0.2) is 60.8 Å². The van der Waals surface area contributed by atoms with Crippen molar-refractivity contribution < 1.29 is 0 Å². The van der Waals surface area contributed by atoms with E-state index in [2.05, 4.69) is 51.3 Å². The van der Waals surface area contributed by atoms with Crippen LogP contribution in [0.25, 0.3) is 12.2 Å². The van der Waals surface area contributed by atoms with Crippen molar-refractivity contribution in [2.75, 3.05) is 24.7 Å². The van der Waals surface area contributed by atoms with Gasteiger partial charge in [-0.05, 0) is 29.3 Å². The predicted molar refractivity (Wildman–Crippen MR) is 105 cm³/mol. The molecule has 0 atom stereocenters. The Morgan fingerprint density at radius 3 is 2.36 bits per heavy atom. The highest BCUT2D eigenvalue weighted by atomic mass is 15.1. The highest BCUT2D eigenvalue weighted by Crippen LogP contribution is 2.16. The average Bonchev–Trinajstić information content (AvgIpc) is 2.63. The Bertz CT molecular complexity index is 853. The number of aromatic nitrogens is 2. The number of anilines is 2. The molecule has 2 N–H and O–H groups in total. The molecule has 0 radical (unpaired) electrons. The Morgan fingerprint density at radius 2 is 1.68 bits per heavy atom. The van der Waals surface area contributed by atoms with Crippen LogP contribution in [0.2, 0.25) is 0 Å². The maximum Gasteiger partial charge on any atom is 0.145 e. The van der Waals surface area contributed by atoms with Gasteiger partial charge in [-0.2, -0.15) is 0 Å². The number of nitrogens with two attached hydrogens (primary N) is 1. The van der Waals surface area contributed by atoms with Crippen LogP contribution in [0.5, 0.6) is 0 Å². The summed E-state index contributed by atoms with van der Waals surface area (Å²) >= 11 is 0. The molecule has 0 bridgehead atoms. The van der Waals surface area contributed by atoms with Crippen LogP contribution in [0.1, 0.15) is 22.5 Å². The molecule has 4 nitrogen and oxygen atoms in total. The summed E-state index contributed by atoms with van der Waals surface area (Å²) in [6, 6.07) is 18.5. The molecule has 0 spiro atoms. The van der Waals surface area contributed by atoms with Crippen LogP contribution in [-0.2, 0) is 6.42 Å². The molecular weight excluding hydrogens is 308 g/mol. The number of rotatable bonds is 5. The predicted octanol–water partition coefficient (Wildman–Crippen LogP) is 3.89. The first-order valence-electron chi connectivity index (χ1n) is 8.22. The fourth-order valence-electron chi connectivity index (χ4n) is 2.52. The summed E-state index contributed by atoms with van der Waals surface area (Å²) in [6.45, 7) is 0. The molecule has 2 aromatic carbocycles. The SMILES string of the molecule is CN(C)c1ccc(/C=C/c2cnc(N)c(Cc3ccccc3)n2)cc1. The van der Waals surface area contributed by atoms with E-state index in [1.54, 1.807) is 6.20 Å². The second kappa shape index (κ2) is 7.62. The zero-order valence-electron chi connectivity index (χ0n) is 14.6. The zero-order chi connectivity index (χ0) is 17.6. The van der Waals surface area contributed by atoms with Crippen molar-refractivity contribution in [3.8, 4) is 0 Å². The van der Waals surface area contributed by atoms with E-state index in [0.29, 0.717) is 12.2 Å². The summed E-state index contributed by atoms with van der Waals surface area (Å²) in [5, 5.41) is 0. The van der Waals surface area contributed by atoms with E-state index in [0.717, 1.165) is 17.0 Å². The molecule has 0 fully saturated rings. The minimum absolute atomic E-state index is 0.483. The van der Waals surface area contributed by atoms with Crippen LogP contribution in [0.3, 0.4) is 0 Å². The van der Waals surface area contributed by atoms with Gasteiger partial charge in [0.25, 0.3) is 0 Å². The summed E-state index contributed by atoms with van der Waals surface area (Å²) in [7, 11) is 4.06. The largest absolute Gasteiger partial charge is 0.382 e. The van der Waals surface area contributed by atoms with E-state index in [1.807, 2.05) is 44.4 Å². The third-order valence-electron chi connectivity index (χ3n) is 3.97. The van der Waals surface area contributed by atoms with Crippen LogP contribution in [0.4, 0.5) is 11.5 Å². The first-order chi connectivity index (χ1) is 12.1. The smallest absolute Gasteiger partial charge is 0.145 e. The van der Waals surface area contributed by atoms with Gasteiger partial charge in [0.15, 0.2) is 0 Å². The van der Waals surface area contributed by atoms with Crippen molar-refractivity contribution in [1.29, 1.82) is 0 Å². The molecule has 0 amide bonds. The van der Waals surface area contributed by atoms with Gasteiger partial charge in [0, 0.05) is 26.2 Å². The minimum Gasteiger partial charge on any atom is -0.382 e. The van der Waals surface area contributed by atoms with Crippen LogP contribution in [-0.4, -0.2) is 24.1 Å². The molecule has 1 heterocycles. The van der Waals surface area contributed by atoms with Crippen molar-refractivity contribution in [3.05, 3.63) is 83.3 Å². The second-order valence-electron chi connectivity index (χ2n) is 6.11. The lowest BCUT2D eigenvalue weighted by molar-refractivity contribution is 1.03. The van der Waals surface area contributed by atoms with Crippen molar-refractivity contribution >= 4 is 23.7 Å². The molecule has 3 rings (SSSR count). The topological polar surface area (TPSA) is 55.0 Å². The van der Waals surface area contributed by atoms with Gasteiger partial charge >= 0.3 is 0 Å². The molecule has 126 valence electrons. The third kappa shape index (κ3) is 4.44. The first kappa shape index (κ1) is 16.7. The molecule has 0 aliphatic heterocycles. The Balaban J connectivity index is 1.77. The molecule has 4 heteroatoms. The van der Waals surface area contributed by atoms with E-state index in [-0.39, 0.29) is 0 Å². The normalized spacial score (nSPS) is 11.0. The standard InChI is InChI=1S/C21H22N4/c1-25(2)19-12-9-16(10-13-19)8-11-18-15-23-21(22)20(24-18)14-17-6-4-3-5-7-17/h3-13,15H,14H2,1-2H3,(H2,22,23)/b11-8+. The maximum absolute atomic E-state index is 5.99. The number of hydrogen-bond donors (Lipinski definition) is 1. The first-order valence-corrected chi connectivity index (χ1v) is 8.22. The van der Waals surface area contributed by atoms with E-state index < -0.39 is 0 Å². The third-order valence-corrected chi connectivity index (χ3v) is 3.97. The molecule has 0 unspecified atom stereocenters. The maximum atomic E-state index is 5.99. The van der Waals surface area contributed by atoms with Crippen molar-refractivity contribution in [1.82, 2.24) is 9.97 Å². The van der Waals surface area contributed by atoms with Crippen molar-refractivity contribution in [2.45, 2.75) is 6.42 Å². The van der Waals surface area contributed by atoms with Gasteiger partial charge in [-0.1, -0.05) is 48.5 Å². The Kier molecular flexibility index (Phi) is 5.09. The average molecular weight is 330 g/mol. The lowest BCUT2D eigenvalue weighted by Crippen LogP contribution is -2.07. The van der Waals surface area contributed by atoms with Crippen molar-refractivity contribution in [3.63, 3.8) is 0 Å². The van der Waals surface area contributed by atoms with E-state index in [1.165, 1.54) is 11.3 Å². The molecular formula is C21H22N4. The van der Waals surface area contributed by atoms with Gasteiger partial charge in [0.05, 0.1) is 17.6 Å². The quantitative estimate of drug-likeness (QED) is 0.771. The van der Waals surface area contributed by atoms with Crippen LogP contribution in [0, 0.1) is 0 Å². The fraction of sp³-hybridized carbons (Fsp3) is 0.143. The van der Waals surface area contributed by atoms with Crippen molar-refractivity contribution in [2.24, 2.45) is 0 Å². The highest BCUT2D eigenvalue weighted by Gasteiger charge is 2.05. The lowest BCUT2D eigenvalue weighted by Gasteiger charge is -2.11. The summed E-state index contributed by atoms with van der Waals surface area (Å²) in [5.41, 5.74) is 11.1. The lowest BCUT2D eigenvalue weighted by atomic mass is 10.1. The zero-order valence-corrected chi connectivity index (χ0v) is 14.6. The van der Waals surface area contributed by atoms with Gasteiger partial charge in [0.2, 0.25) is 0 Å². The summed E-state index contributed by atoms with van der Waals surface area (Å²) < 4.78 is 0. The minimum atomic E-state index is 0.483.